The van der Waals surface area contributed by atoms with E-state index in [2.05, 4.69) is 25.8 Å². The van der Waals surface area contributed by atoms with Crippen molar-refractivity contribution in [3.05, 3.63) is 29.0 Å². The van der Waals surface area contributed by atoms with Crippen molar-refractivity contribution in [2.45, 2.75) is 44.4 Å². The molecule has 7 nitrogen and oxygen atoms in total. The molecule has 9 heteroatoms. The number of carbonyl (C=O) groups excluding carboxylic acids is 1. The first-order chi connectivity index (χ1) is 12.7. The lowest BCUT2D eigenvalue weighted by atomic mass is 10.2. The molecule has 1 aliphatic carbocycles. The van der Waals surface area contributed by atoms with E-state index < -0.39 is 0 Å². The van der Waals surface area contributed by atoms with Crippen molar-refractivity contribution in [1.29, 1.82) is 0 Å². The van der Waals surface area contributed by atoms with Gasteiger partial charge in [0.2, 0.25) is 5.91 Å². The van der Waals surface area contributed by atoms with Crippen LogP contribution < -0.4 is 5.32 Å². The Balaban J connectivity index is 1.30. The molecule has 1 fully saturated rings. The van der Waals surface area contributed by atoms with E-state index in [0.29, 0.717) is 17.5 Å². The van der Waals surface area contributed by atoms with Gasteiger partial charge < -0.3 is 5.32 Å². The number of carbonyl (C=O) groups is 1. The van der Waals surface area contributed by atoms with E-state index >= 15 is 0 Å². The molecule has 0 spiro atoms. The molecule has 136 valence electrons. The van der Waals surface area contributed by atoms with Gasteiger partial charge in [-0.15, -0.1) is 28.2 Å². The van der Waals surface area contributed by atoms with Crippen LogP contribution in [0.4, 0.5) is 5.69 Å². The van der Waals surface area contributed by atoms with E-state index in [1.165, 1.54) is 24.6 Å². The summed E-state index contributed by atoms with van der Waals surface area (Å²) in [6.07, 6.45) is 4.76. The molecular formula is C17H20N6OS2. The zero-order valence-corrected chi connectivity index (χ0v) is 16.1. The first-order valence-corrected chi connectivity index (χ1v) is 10.7. The van der Waals surface area contributed by atoms with Crippen molar-refractivity contribution in [1.82, 2.24) is 25.2 Å². The van der Waals surface area contributed by atoms with Crippen LogP contribution in [0.5, 0.6) is 0 Å². The molecule has 0 atom stereocenters. The van der Waals surface area contributed by atoms with Gasteiger partial charge in [0.05, 0.1) is 32.8 Å². The van der Waals surface area contributed by atoms with E-state index in [1.54, 1.807) is 11.3 Å². The van der Waals surface area contributed by atoms with E-state index in [1.807, 2.05) is 29.8 Å². The number of aryl methyl sites for hydroxylation is 1. The van der Waals surface area contributed by atoms with Gasteiger partial charge in [-0.25, -0.2) is 9.67 Å². The number of amides is 1. The number of nitrogens with zero attached hydrogens (tertiary/aromatic N) is 5. The number of aromatic nitrogens is 5. The van der Waals surface area contributed by atoms with Crippen molar-refractivity contribution in [2.75, 3.05) is 11.1 Å². The van der Waals surface area contributed by atoms with Gasteiger partial charge in [-0.3, -0.25) is 4.79 Å². The van der Waals surface area contributed by atoms with Gasteiger partial charge >= 0.3 is 0 Å². The van der Waals surface area contributed by atoms with Crippen molar-refractivity contribution < 1.29 is 4.79 Å². The summed E-state index contributed by atoms with van der Waals surface area (Å²) in [5.41, 5.74) is 1.78. The van der Waals surface area contributed by atoms with E-state index in [9.17, 15) is 4.79 Å². The molecule has 26 heavy (non-hydrogen) atoms. The average molecular weight is 389 g/mol. The fourth-order valence-corrected chi connectivity index (χ4v) is 4.89. The number of thioether (sulfide) groups is 1. The molecule has 1 N–H and O–H groups in total. The molecule has 1 aromatic carbocycles. The quantitative estimate of drug-likeness (QED) is 0.695. The number of anilines is 1. The second-order valence-electron chi connectivity index (χ2n) is 6.43. The van der Waals surface area contributed by atoms with E-state index in [0.717, 1.165) is 39.6 Å². The molecule has 0 aliphatic heterocycles. The van der Waals surface area contributed by atoms with Gasteiger partial charge in [-0.05, 0) is 48.4 Å². The Labute approximate surface area is 159 Å². The highest BCUT2D eigenvalue weighted by Gasteiger charge is 2.21. The lowest BCUT2D eigenvalue weighted by Crippen LogP contribution is -2.15. The summed E-state index contributed by atoms with van der Waals surface area (Å²) in [4.78, 5) is 16.7. The topological polar surface area (TPSA) is 85.6 Å². The maximum atomic E-state index is 12.2. The zero-order valence-electron chi connectivity index (χ0n) is 14.5. The predicted molar refractivity (Wildman–Crippen MR) is 104 cm³/mol. The lowest BCUT2D eigenvalue weighted by Gasteiger charge is -2.11. The molecule has 0 unspecified atom stereocenters. The number of fused-ring (bicyclic) bond motifs is 1. The van der Waals surface area contributed by atoms with Gasteiger partial charge in [0.25, 0.3) is 0 Å². The van der Waals surface area contributed by atoms with E-state index in [4.69, 9.17) is 0 Å². The Morgan fingerprint density at radius 2 is 2.23 bits per heavy atom. The zero-order chi connectivity index (χ0) is 17.9. The third-order valence-electron chi connectivity index (χ3n) is 4.47. The maximum absolute atomic E-state index is 12.2. The first kappa shape index (κ1) is 17.4. The first-order valence-electron chi connectivity index (χ1n) is 8.70. The number of rotatable bonds is 6. The Morgan fingerprint density at radius 3 is 3.08 bits per heavy atom. The molecular weight excluding hydrogens is 368 g/mol. The Hall–Kier alpha value is -2.00. The summed E-state index contributed by atoms with van der Waals surface area (Å²) in [5, 5.41) is 16.0. The lowest BCUT2D eigenvalue weighted by molar-refractivity contribution is -0.113. The molecule has 2 heterocycles. The smallest absolute Gasteiger partial charge is 0.234 e. The maximum Gasteiger partial charge on any atom is 0.234 e. The number of hydrogen-bond acceptors (Lipinski definition) is 7. The highest BCUT2D eigenvalue weighted by molar-refractivity contribution is 7.99. The number of hydrogen-bond donors (Lipinski definition) is 1. The highest BCUT2D eigenvalue weighted by atomic mass is 32.2. The van der Waals surface area contributed by atoms with Crippen LogP contribution in [-0.4, -0.2) is 36.9 Å². The summed E-state index contributed by atoms with van der Waals surface area (Å²) >= 11 is 3.16. The normalized spacial score (nSPS) is 15.0. The van der Waals surface area contributed by atoms with Crippen LogP contribution >= 0.6 is 23.1 Å². The summed E-state index contributed by atoms with van der Waals surface area (Å²) < 4.78 is 3.03. The van der Waals surface area contributed by atoms with Crippen LogP contribution in [0.3, 0.4) is 0 Å². The minimum atomic E-state index is -0.0181. The molecule has 1 saturated carbocycles. The minimum absolute atomic E-state index is 0.0181. The van der Waals surface area contributed by atoms with Gasteiger partial charge in [-0.2, -0.15) is 0 Å². The van der Waals surface area contributed by atoms with Crippen molar-refractivity contribution >= 4 is 44.9 Å². The summed E-state index contributed by atoms with van der Waals surface area (Å²) in [5.74, 6) is 1.85. The van der Waals surface area contributed by atoms with Gasteiger partial charge in [0, 0.05) is 5.69 Å². The molecule has 0 saturated heterocycles. The largest absolute Gasteiger partial charge is 0.325 e. The number of tetrazole rings is 1. The average Bonchev–Trinajstić information content (AvgIpc) is 3.33. The second kappa shape index (κ2) is 7.71. The summed E-state index contributed by atoms with van der Waals surface area (Å²) in [6, 6.07) is 6.23. The van der Waals surface area contributed by atoms with Crippen LogP contribution in [0.1, 0.15) is 42.6 Å². The molecule has 4 rings (SSSR count). The number of nitrogens with one attached hydrogen (secondary N) is 1. The fourth-order valence-electron chi connectivity index (χ4n) is 3.29. The van der Waals surface area contributed by atoms with Crippen LogP contribution in [0.2, 0.25) is 0 Å². The van der Waals surface area contributed by atoms with Crippen LogP contribution in [0.25, 0.3) is 10.2 Å². The predicted octanol–water partition coefficient (Wildman–Crippen LogP) is 3.58. The number of thiazole rings is 1. The summed E-state index contributed by atoms with van der Waals surface area (Å²) in [6.45, 7) is 1.98. The van der Waals surface area contributed by atoms with Crippen LogP contribution in [-0.2, 0) is 10.5 Å². The second-order valence-corrected chi connectivity index (χ2v) is 8.65. The van der Waals surface area contributed by atoms with Gasteiger partial charge in [0.1, 0.15) is 0 Å². The van der Waals surface area contributed by atoms with Gasteiger partial charge in [-0.1, -0.05) is 12.8 Å². The SMILES string of the molecule is Cc1nc2ccc(NC(=O)CSCc3nnnn3C3CCCC3)cc2s1. The van der Waals surface area contributed by atoms with E-state index in [-0.39, 0.29) is 5.91 Å². The van der Waals surface area contributed by atoms with Crippen LogP contribution in [0, 0.1) is 6.92 Å². The molecule has 1 aliphatic rings. The molecule has 2 aromatic heterocycles. The monoisotopic (exact) mass is 388 g/mol. The molecule has 0 bridgehead atoms. The van der Waals surface area contributed by atoms with Crippen molar-refractivity contribution in [3.8, 4) is 0 Å². The summed E-state index contributed by atoms with van der Waals surface area (Å²) in [7, 11) is 0. The molecule has 0 radical (unpaired) electrons. The van der Waals surface area contributed by atoms with Crippen LogP contribution in [0.15, 0.2) is 18.2 Å². The van der Waals surface area contributed by atoms with Gasteiger partial charge in [0.15, 0.2) is 5.82 Å². The molecule has 1 amide bonds. The highest BCUT2D eigenvalue weighted by Crippen LogP contribution is 2.30. The van der Waals surface area contributed by atoms with Crippen molar-refractivity contribution in [2.24, 2.45) is 0 Å². The van der Waals surface area contributed by atoms with Crippen molar-refractivity contribution in [3.63, 3.8) is 0 Å². The standard InChI is InChI=1S/C17H20N6OS2/c1-11-18-14-7-6-12(8-15(14)26-11)19-17(24)10-25-9-16-20-21-22-23(16)13-4-2-3-5-13/h6-8,13H,2-5,9-10H2,1H3,(H,19,24). The fraction of sp³-hybridized carbons (Fsp3) is 0.471. The third-order valence-corrected chi connectivity index (χ3v) is 6.34. The number of benzene rings is 1. The minimum Gasteiger partial charge on any atom is -0.325 e. The Bertz CT molecular complexity index is 915. The molecule has 3 aromatic rings. The Morgan fingerprint density at radius 1 is 1.38 bits per heavy atom. The third kappa shape index (κ3) is 3.88. The Kier molecular flexibility index (Phi) is 5.16.